The number of carbonyl (C=O) groups excluding carboxylic acids is 15. The van der Waals surface area contributed by atoms with E-state index in [1.54, 1.807) is 71.3 Å². The van der Waals surface area contributed by atoms with Gasteiger partial charge in [-0.25, -0.2) is 9.97 Å². The van der Waals surface area contributed by atoms with Crippen molar-refractivity contribution in [2.24, 2.45) is 0 Å². The molecule has 9 rings (SSSR count). The monoisotopic (exact) mass is 2020 g/mol. The number of likely N-dealkylation sites (N-methyl/N-ethyl adjacent to an activating group) is 3. The lowest BCUT2D eigenvalue weighted by Gasteiger charge is -2.33. The van der Waals surface area contributed by atoms with Gasteiger partial charge in [-0.15, -0.1) is 0 Å². The van der Waals surface area contributed by atoms with Crippen LogP contribution in [-0.4, -0.2) is 357 Å². The SMILES string of the molecule is CCC[C@H](NC(=O)CCC(NC(=O)[C@H](CCC)NC(=O)[C@@H](CCC)NC(=O)CN1CCN(CC)CCN(CC)CCN(CC)CC1)C(=O)N[C@@H](CCC)C(=O)N[C@@H](CCC(=O)O)C(=O)NCCCN1Cc2cc(C(=O)N(C)Cc3nc4ccccc4[nH]3)ccc2N[C@@H](CC(=O)OC)C1=O)C(=O)N[C@@H](CCC(=O)O)C(=O)NCCCN1Cc2cc(C(=O)N(C)Cc3nc4ccccc4[nH]3)ccc2N[C@H](CC(=O)OC)C1=O. The van der Waals surface area contributed by atoms with Crippen molar-refractivity contribution in [2.45, 2.75) is 245 Å². The molecule has 0 aliphatic carbocycles. The van der Waals surface area contributed by atoms with Gasteiger partial charge >= 0.3 is 23.9 Å². The Morgan fingerprint density at radius 1 is 0.414 bits per heavy atom. The van der Waals surface area contributed by atoms with Gasteiger partial charge in [0.25, 0.3) is 11.8 Å². The molecule has 1 saturated heterocycles. The molecular formula is C101H147N23O21. The summed E-state index contributed by atoms with van der Waals surface area (Å²) < 4.78 is 9.88. The number of benzene rings is 4. The highest BCUT2D eigenvalue weighted by molar-refractivity contribution is 6.00. The van der Waals surface area contributed by atoms with E-state index in [4.69, 9.17) is 9.47 Å². The van der Waals surface area contributed by atoms with Gasteiger partial charge in [-0.1, -0.05) is 98.4 Å². The van der Waals surface area contributed by atoms with Crippen LogP contribution < -0.4 is 58.5 Å². The molecule has 145 heavy (non-hydrogen) atoms. The molecule has 0 radical (unpaired) electrons. The fraction of sp³-hybridized carbons (Fsp3) is 0.574. The average Bonchev–Trinajstić information content (AvgIpc) is 1.68. The number of methoxy groups -OCH3 is 2. The zero-order chi connectivity index (χ0) is 105. The van der Waals surface area contributed by atoms with Crippen LogP contribution in [0.4, 0.5) is 11.4 Å². The molecule has 4 aromatic carbocycles. The molecule has 13 amide bonds. The summed E-state index contributed by atoms with van der Waals surface area (Å²) in [5, 5.41) is 50.5. The Labute approximate surface area is 845 Å². The number of rotatable bonds is 54. The van der Waals surface area contributed by atoms with Gasteiger partial charge < -0.3 is 122 Å². The van der Waals surface area contributed by atoms with Crippen LogP contribution in [0.15, 0.2) is 84.9 Å². The highest BCUT2D eigenvalue weighted by Crippen LogP contribution is 2.30. The van der Waals surface area contributed by atoms with Crippen molar-refractivity contribution in [3.63, 3.8) is 0 Å². The first-order chi connectivity index (χ1) is 69.6. The van der Waals surface area contributed by atoms with Crippen molar-refractivity contribution in [1.82, 2.24) is 107 Å². The van der Waals surface area contributed by atoms with Crippen LogP contribution in [0.25, 0.3) is 22.1 Å². The zero-order valence-electron chi connectivity index (χ0n) is 85.3. The Balaban J connectivity index is 0.891. The van der Waals surface area contributed by atoms with E-state index in [2.05, 4.69) is 119 Å². The fourth-order valence-corrected chi connectivity index (χ4v) is 17.7. The number of imidazole rings is 2. The maximum Gasteiger partial charge on any atom is 0.308 e. The number of aromatic nitrogens is 4. The first-order valence-electron chi connectivity index (χ1n) is 50.5. The van der Waals surface area contributed by atoms with E-state index in [-0.39, 0.29) is 135 Å². The van der Waals surface area contributed by atoms with Crippen molar-refractivity contribution < 1.29 is 101 Å². The normalized spacial score (nSPS) is 16.5. The number of nitrogens with zero attached hydrogens (tertiary/aromatic N) is 10. The number of ether oxygens (including phenoxy) is 2. The first kappa shape index (κ1) is 115. The molecule has 0 bridgehead atoms. The Kier molecular flexibility index (Phi) is 46.1. The Morgan fingerprint density at radius 3 is 1.08 bits per heavy atom. The topological polar surface area (TPSA) is 565 Å². The second-order valence-electron chi connectivity index (χ2n) is 36.9. The lowest BCUT2D eigenvalue weighted by atomic mass is 10.0. The van der Waals surface area contributed by atoms with Crippen molar-refractivity contribution in [1.29, 1.82) is 0 Å². The van der Waals surface area contributed by atoms with Crippen LogP contribution in [-0.2, 0) is 108 Å². The molecule has 0 saturated carbocycles. The zero-order valence-corrected chi connectivity index (χ0v) is 85.3. The van der Waals surface area contributed by atoms with Gasteiger partial charge in [0.1, 0.15) is 66.0 Å². The summed E-state index contributed by atoms with van der Waals surface area (Å²) in [6.07, 6.45) is -2.69. The molecule has 5 heterocycles. The lowest BCUT2D eigenvalue weighted by Crippen LogP contribution is -2.59. The van der Waals surface area contributed by atoms with Crippen LogP contribution in [0.5, 0.6) is 0 Å². The summed E-state index contributed by atoms with van der Waals surface area (Å²) in [6, 6.07) is 12.2. The molecule has 44 nitrogen and oxygen atoms in total. The minimum Gasteiger partial charge on any atom is -0.481 e. The van der Waals surface area contributed by atoms with Gasteiger partial charge in [0.15, 0.2) is 0 Å². The van der Waals surface area contributed by atoms with Crippen molar-refractivity contribution in [3.8, 4) is 0 Å². The number of aromatic amines is 2. The number of para-hydroxylation sites is 4. The Hall–Kier alpha value is -13.8. The molecule has 3 aliphatic heterocycles. The number of carbonyl (C=O) groups is 17. The van der Waals surface area contributed by atoms with Gasteiger partial charge in [-0.2, -0.15) is 0 Å². The third kappa shape index (κ3) is 35.6. The average molecular weight is 2020 g/mol. The minimum absolute atomic E-state index is 0.00905. The number of anilines is 2. The first-order valence-corrected chi connectivity index (χ1v) is 50.5. The van der Waals surface area contributed by atoms with Crippen LogP contribution in [0.1, 0.15) is 208 Å². The molecular weight excluding hydrogens is 1870 g/mol. The predicted molar refractivity (Wildman–Crippen MR) is 540 cm³/mol. The van der Waals surface area contributed by atoms with E-state index >= 15 is 9.59 Å². The van der Waals surface area contributed by atoms with Crippen LogP contribution in [0, 0.1) is 0 Å². The fourth-order valence-electron chi connectivity index (χ4n) is 17.7. The van der Waals surface area contributed by atoms with Crippen molar-refractivity contribution in [3.05, 3.63) is 119 Å². The Morgan fingerprint density at radius 2 is 0.738 bits per heavy atom. The Bertz CT molecular complexity index is 5350. The molecule has 3 aliphatic rings. The highest BCUT2D eigenvalue weighted by atomic mass is 16.5. The third-order valence-corrected chi connectivity index (χ3v) is 26.0. The van der Waals surface area contributed by atoms with E-state index in [0.717, 1.165) is 67.9 Å². The number of esters is 2. The van der Waals surface area contributed by atoms with E-state index in [1.165, 1.54) is 33.8 Å². The maximum absolute atomic E-state index is 15.2. The number of amides is 13. The second-order valence-corrected chi connectivity index (χ2v) is 36.9. The number of aliphatic carboxylic acids is 2. The van der Waals surface area contributed by atoms with E-state index < -0.39 is 182 Å². The second kappa shape index (κ2) is 58.3. The summed E-state index contributed by atoms with van der Waals surface area (Å²) in [7, 11) is 5.62. The predicted octanol–water partition coefficient (Wildman–Crippen LogP) is 3.45. The van der Waals surface area contributed by atoms with Crippen molar-refractivity contribution >= 4 is 134 Å². The maximum atomic E-state index is 15.2. The summed E-state index contributed by atoms with van der Waals surface area (Å²) in [4.78, 5) is 269. The minimum atomic E-state index is -1.73. The molecule has 6 aromatic rings. The number of carboxylic acid groups (broad SMARTS) is 2. The van der Waals surface area contributed by atoms with Crippen LogP contribution in [0.2, 0.25) is 0 Å². The van der Waals surface area contributed by atoms with E-state index in [1.807, 2.05) is 55.5 Å². The van der Waals surface area contributed by atoms with Gasteiger partial charge in [0.2, 0.25) is 65.0 Å². The summed E-state index contributed by atoms with van der Waals surface area (Å²) in [5.74, 6) is -12.1. The van der Waals surface area contributed by atoms with E-state index in [9.17, 15) is 82.1 Å². The summed E-state index contributed by atoms with van der Waals surface area (Å²) >= 11 is 0. The largest absolute Gasteiger partial charge is 0.481 e. The summed E-state index contributed by atoms with van der Waals surface area (Å²) in [5.41, 5.74) is 5.66. The molecule has 792 valence electrons. The number of carboxylic acids is 2. The molecule has 9 atom stereocenters. The number of H-pyrrole nitrogens is 2. The lowest BCUT2D eigenvalue weighted by molar-refractivity contribution is -0.144. The molecule has 44 heteroatoms. The number of hydrogen-bond acceptors (Lipinski definition) is 27. The summed E-state index contributed by atoms with van der Waals surface area (Å²) in [6.45, 7) is 21.8. The molecule has 1 fully saturated rings. The standard InChI is InChI=1S/C101H147N23O21/c1-12-25-74(93(135)114-78(38-41-87(127)128)91(133)102-43-23-45-123-59-66-55-64(33-35-68(66)104-81(100(123)142)57-89(131)144-10)98(140)117(8)61-83-106-70-29-19-20-30-71(70)107-83)110-85(125)40-37-80(116-96(138)77(28-15-4)112-94(136)75(26-13-2)111-86(126)63-122-53-51-120(17-6)49-47-119(16-5)48-50-121(18-7)52-54-122)97(139)113-76(27-14-3)95(137)115-79(39-42-88(129)130)92(134)103-44-24-46-124-60-67-56-65(34-36-69(67)105-82(101(124)143)58-90(132)145-11)99(141)118(9)62-84-108-72-31-21-22-32-73(72)109-84/h19-22,29-36,55-56,74-82,104-105H,12-18,23-28,37-54,57-63H2,1-11H3,(H,102,133)(H,103,134)(H,106,107)(H,108,109)(H,110,125)(H,111,126)(H,112,136)(H,113,139)(H,114,135)(H,115,137)(H,116,138)(H,127,128)(H,129,130)/t74-,75+,76-,77-,78-,79-,80?,81+,82-/m0/s1. The van der Waals surface area contributed by atoms with Gasteiger partial charge in [-0.3, -0.25) is 86.4 Å². The van der Waals surface area contributed by atoms with Gasteiger partial charge in [0.05, 0.1) is 68.8 Å². The third-order valence-electron chi connectivity index (χ3n) is 26.0. The van der Waals surface area contributed by atoms with Crippen molar-refractivity contribution in [2.75, 3.05) is 144 Å². The quantitative estimate of drug-likeness (QED) is 0.0192. The molecule has 2 aromatic heterocycles. The number of hydrogen-bond donors (Lipinski definition) is 15. The molecule has 15 N–H and O–H groups in total. The van der Waals surface area contributed by atoms with Gasteiger partial charge in [0, 0.05) is 147 Å². The molecule has 0 spiro atoms. The smallest absolute Gasteiger partial charge is 0.308 e. The number of fused-ring (bicyclic) bond motifs is 4. The van der Waals surface area contributed by atoms with Gasteiger partial charge in [-0.05, 0) is 149 Å². The number of nitrogens with one attached hydrogen (secondary N) is 13. The molecule has 1 unspecified atom stereocenters. The van der Waals surface area contributed by atoms with Crippen LogP contribution >= 0.6 is 0 Å². The highest BCUT2D eigenvalue weighted by Gasteiger charge is 2.39. The van der Waals surface area contributed by atoms with E-state index in [0.29, 0.717) is 84.3 Å². The van der Waals surface area contributed by atoms with Crippen LogP contribution in [0.3, 0.4) is 0 Å².